The number of rotatable bonds is 18. The van der Waals surface area contributed by atoms with E-state index in [0.29, 0.717) is 35.3 Å². The van der Waals surface area contributed by atoms with Gasteiger partial charge in [-0.1, -0.05) is 60.7 Å². The van der Waals surface area contributed by atoms with Crippen molar-refractivity contribution >= 4 is 46.8 Å². The zero-order chi connectivity index (χ0) is 34.6. The molecule has 0 aliphatic rings. The topological polar surface area (TPSA) is 86.7 Å². The lowest BCUT2D eigenvalue weighted by molar-refractivity contribution is -0.153. The van der Waals surface area contributed by atoms with Gasteiger partial charge in [-0.05, 0) is 95.5 Å². The fourth-order valence-corrected chi connectivity index (χ4v) is 6.48. The van der Waals surface area contributed by atoms with E-state index in [-0.39, 0.29) is 34.8 Å². The van der Waals surface area contributed by atoms with Crippen molar-refractivity contribution in [1.82, 2.24) is 0 Å². The molecule has 0 heterocycles. The number of carbonyl (C=O) groups excluding carboxylic acids is 4. The smallest absolute Gasteiger partial charge is 0.316 e. The maximum atomic E-state index is 12.9. The number of carbonyl (C=O) groups is 4. The summed E-state index contributed by atoms with van der Waals surface area (Å²) in [5, 5.41) is 0. The van der Waals surface area contributed by atoms with Crippen molar-refractivity contribution in [1.29, 1.82) is 0 Å². The van der Waals surface area contributed by atoms with E-state index in [1.165, 1.54) is 23.5 Å². The van der Waals surface area contributed by atoms with Crippen LogP contribution in [0.3, 0.4) is 0 Å². The van der Waals surface area contributed by atoms with Gasteiger partial charge in [-0.2, -0.15) is 0 Å². The molecule has 0 atom stereocenters. The summed E-state index contributed by atoms with van der Waals surface area (Å²) in [6.07, 6.45) is 2.16. The van der Waals surface area contributed by atoms with Gasteiger partial charge in [-0.15, -0.1) is 23.5 Å². The van der Waals surface area contributed by atoms with Crippen molar-refractivity contribution in [2.24, 2.45) is 0 Å². The second kappa shape index (κ2) is 17.4. The number of hydrogen-bond acceptors (Lipinski definition) is 8. The summed E-state index contributed by atoms with van der Waals surface area (Å²) in [4.78, 5) is 52.5. The molecule has 0 amide bonds. The fraction of sp³-hybridized carbons (Fsp3) is 0.300. The Bertz CT molecular complexity index is 1660. The monoisotopic (exact) mass is 682 g/mol. The molecular formula is C40H42O6S2. The van der Waals surface area contributed by atoms with Gasteiger partial charge in [0.15, 0.2) is 17.3 Å². The molecule has 0 saturated carbocycles. The molecule has 48 heavy (non-hydrogen) atoms. The second-order valence-electron chi connectivity index (χ2n) is 12.5. The Kier molecular flexibility index (Phi) is 13.4. The van der Waals surface area contributed by atoms with Crippen LogP contribution in [0.2, 0.25) is 0 Å². The number of hydrogen-bond donors (Lipinski definition) is 0. The Morgan fingerprint density at radius 3 is 1.48 bits per heavy atom. The highest BCUT2D eigenvalue weighted by atomic mass is 32.2. The maximum absolute atomic E-state index is 12.9. The quantitative estimate of drug-likeness (QED) is 0.0445. The Morgan fingerprint density at radius 1 is 0.562 bits per heavy atom. The number of ketones is 3. The van der Waals surface area contributed by atoms with Gasteiger partial charge in [0.05, 0.1) is 11.5 Å². The molecule has 4 aromatic carbocycles. The van der Waals surface area contributed by atoms with Crippen LogP contribution in [0.25, 0.3) is 0 Å². The van der Waals surface area contributed by atoms with Crippen LogP contribution in [0.1, 0.15) is 78.8 Å². The highest BCUT2D eigenvalue weighted by Gasteiger charge is 2.28. The van der Waals surface area contributed by atoms with Crippen molar-refractivity contribution in [2.75, 3.05) is 18.1 Å². The lowest BCUT2D eigenvalue weighted by Crippen LogP contribution is -2.37. The molecule has 0 N–H and O–H groups in total. The largest absolute Gasteiger partial charge is 0.459 e. The molecule has 0 spiro atoms. The summed E-state index contributed by atoms with van der Waals surface area (Å²) >= 11 is 2.80. The zero-order valence-electron chi connectivity index (χ0n) is 27.9. The molecular weight excluding hydrogens is 641 g/mol. The van der Waals surface area contributed by atoms with Crippen LogP contribution in [0.5, 0.6) is 0 Å². The number of ether oxygens (including phenoxy) is 2. The normalized spacial score (nSPS) is 11.6. The predicted octanol–water partition coefficient (Wildman–Crippen LogP) is 8.89. The van der Waals surface area contributed by atoms with Gasteiger partial charge in [0.1, 0.15) is 11.2 Å². The van der Waals surface area contributed by atoms with Crippen LogP contribution in [-0.2, 0) is 19.1 Å². The van der Waals surface area contributed by atoms with E-state index < -0.39 is 11.2 Å². The summed E-state index contributed by atoms with van der Waals surface area (Å²) in [6.45, 7) is 7.79. The van der Waals surface area contributed by atoms with Gasteiger partial charge in [0, 0.05) is 38.7 Å². The Balaban J connectivity index is 1.11. The first kappa shape index (κ1) is 36.8. The lowest BCUT2D eigenvalue weighted by atomic mass is 10.0. The summed E-state index contributed by atoms with van der Waals surface area (Å²) in [5.41, 5.74) is 0.932. The number of unbranched alkanes of at least 4 members (excludes halogenated alkanes) is 1. The number of thioether (sulfide) groups is 2. The molecule has 0 aliphatic heterocycles. The van der Waals surface area contributed by atoms with Crippen LogP contribution in [0, 0.1) is 0 Å². The second-order valence-corrected chi connectivity index (χ2v) is 14.6. The minimum absolute atomic E-state index is 0.0128. The minimum Gasteiger partial charge on any atom is -0.459 e. The molecule has 6 nitrogen and oxygen atoms in total. The zero-order valence-corrected chi connectivity index (χ0v) is 29.5. The predicted molar refractivity (Wildman–Crippen MR) is 193 cm³/mol. The highest BCUT2D eigenvalue weighted by Crippen LogP contribution is 2.25. The lowest BCUT2D eigenvalue weighted by Gasteiger charge is -2.26. The van der Waals surface area contributed by atoms with E-state index in [1.807, 2.05) is 74.5 Å². The average molecular weight is 683 g/mol. The SMILES string of the molecule is CC(C)(CCCCOC(C)(C)C(=O)CSc1ccc(C(=O)c2ccccc2)cc1)OC(=O)CSc1ccc(C(=O)c2ccccc2)cc1. The van der Waals surface area contributed by atoms with E-state index in [1.54, 1.807) is 62.4 Å². The Hall–Kier alpha value is -3.98. The number of benzene rings is 4. The van der Waals surface area contributed by atoms with E-state index in [9.17, 15) is 19.2 Å². The van der Waals surface area contributed by atoms with E-state index in [4.69, 9.17) is 9.47 Å². The van der Waals surface area contributed by atoms with E-state index in [0.717, 1.165) is 22.6 Å². The van der Waals surface area contributed by atoms with Gasteiger partial charge in [0.2, 0.25) is 0 Å². The standard InChI is InChI=1S/C40H42O6S2/c1-39(2,46-36(42)28-48-34-23-19-32(20-24-34)38(44)30-15-9-6-10-16-30)25-11-12-26-45-40(3,4)35(41)27-47-33-21-17-31(18-22-33)37(43)29-13-7-5-8-14-29/h5-10,13-24H,11-12,25-28H2,1-4H3. The Morgan fingerprint density at radius 2 is 1.00 bits per heavy atom. The molecule has 0 aromatic heterocycles. The van der Waals surface area contributed by atoms with Crippen molar-refractivity contribution in [3.8, 4) is 0 Å². The molecule has 8 heteroatoms. The number of Topliss-reactive ketones (excluding diaryl/α,β-unsaturated/α-hetero) is 1. The molecule has 0 saturated heterocycles. The maximum Gasteiger partial charge on any atom is 0.316 e. The Labute approximate surface area is 292 Å². The van der Waals surface area contributed by atoms with Crippen LogP contribution in [0.4, 0.5) is 0 Å². The van der Waals surface area contributed by atoms with Gasteiger partial charge < -0.3 is 9.47 Å². The van der Waals surface area contributed by atoms with Gasteiger partial charge >= 0.3 is 5.97 Å². The fourth-order valence-electron chi connectivity index (χ4n) is 4.83. The third-order valence-corrected chi connectivity index (χ3v) is 9.73. The third-order valence-electron chi connectivity index (χ3n) is 7.73. The van der Waals surface area contributed by atoms with Gasteiger partial charge in [-0.25, -0.2) is 0 Å². The first-order valence-corrected chi connectivity index (χ1v) is 17.9. The molecule has 4 rings (SSSR count). The molecule has 250 valence electrons. The van der Waals surface area contributed by atoms with Crippen LogP contribution < -0.4 is 0 Å². The summed E-state index contributed by atoms with van der Waals surface area (Å²) in [6, 6.07) is 32.8. The summed E-state index contributed by atoms with van der Waals surface area (Å²) < 4.78 is 11.7. The van der Waals surface area contributed by atoms with Crippen molar-refractivity contribution in [2.45, 2.75) is 68.0 Å². The van der Waals surface area contributed by atoms with Crippen molar-refractivity contribution in [3.63, 3.8) is 0 Å². The first-order valence-electron chi connectivity index (χ1n) is 16.0. The van der Waals surface area contributed by atoms with Crippen LogP contribution >= 0.6 is 23.5 Å². The first-order chi connectivity index (χ1) is 22.9. The van der Waals surface area contributed by atoms with Gasteiger partial charge in [-0.3, -0.25) is 19.2 Å². The summed E-state index contributed by atoms with van der Waals surface area (Å²) in [7, 11) is 0. The molecule has 0 bridgehead atoms. The van der Waals surface area contributed by atoms with Crippen molar-refractivity contribution in [3.05, 3.63) is 131 Å². The third kappa shape index (κ3) is 11.3. The van der Waals surface area contributed by atoms with E-state index in [2.05, 4.69) is 0 Å². The highest BCUT2D eigenvalue weighted by molar-refractivity contribution is 8.00. The average Bonchev–Trinajstić information content (AvgIpc) is 3.09. The van der Waals surface area contributed by atoms with E-state index >= 15 is 0 Å². The van der Waals surface area contributed by atoms with Crippen molar-refractivity contribution < 1.29 is 28.7 Å². The molecule has 0 fully saturated rings. The van der Waals surface area contributed by atoms with Gasteiger partial charge in [0.25, 0.3) is 0 Å². The number of esters is 1. The van der Waals surface area contributed by atoms with Crippen LogP contribution in [0.15, 0.2) is 119 Å². The molecule has 0 aliphatic carbocycles. The summed E-state index contributed by atoms with van der Waals surface area (Å²) in [5.74, 6) is 0.0484. The molecule has 0 unspecified atom stereocenters. The minimum atomic E-state index is -0.928. The molecule has 0 radical (unpaired) electrons. The molecule has 4 aromatic rings. The van der Waals surface area contributed by atoms with Crippen LogP contribution in [-0.4, -0.2) is 52.6 Å².